The molecule has 4 bridgehead atoms. The molecule has 2 heteroatoms. The zero-order valence-corrected chi connectivity index (χ0v) is 11.8. The molecule has 1 amide bonds. The van der Waals surface area contributed by atoms with Crippen LogP contribution in [0.25, 0.3) is 0 Å². The van der Waals surface area contributed by atoms with Gasteiger partial charge in [-0.05, 0) is 61.2 Å². The lowest BCUT2D eigenvalue weighted by Crippen LogP contribution is -2.41. The molecule has 5 rings (SSSR count). The smallest absolute Gasteiger partial charge is 0.226 e. The van der Waals surface area contributed by atoms with Gasteiger partial charge in [0.1, 0.15) is 0 Å². The first-order valence-corrected chi connectivity index (χ1v) is 8.21. The quantitative estimate of drug-likeness (QED) is 0.697. The van der Waals surface area contributed by atoms with Crippen molar-refractivity contribution in [2.45, 2.75) is 39.0 Å². The van der Waals surface area contributed by atoms with E-state index in [2.05, 4.69) is 17.9 Å². The number of amides is 1. The zero-order chi connectivity index (χ0) is 12.8. The van der Waals surface area contributed by atoms with Crippen molar-refractivity contribution in [3.8, 4) is 0 Å². The minimum atomic E-state index is 0.411. The molecule has 6 atom stereocenters. The summed E-state index contributed by atoms with van der Waals surface area (Å²) < 4.78 is 0. The fraction of sp³-hybridized carbons (Fsp3) is 0.824. The second-order valence-electron chi connectivity index (χ2n) is 7.78. The van der Waals surface area contributed by atoms with Crippen LogP contribution in [0.2, 0.25) is 0 Å². The van der Waals surface area contributed by atoms with Crippen LogP contribution in [0.1, 0.15) is 39.0 Å². The first-order chi connectivity index (χ1) is 9.24. The summed E-state index contributed by atoms with van der Waals surface area (Å²) >= 11 is 0. The predicted octanol–water partition coefficient (Wildman–Crippen LogP) is 2.85. The lowest BCUT2D eigenvalue weighted by Gasteiger charge is -2.40. The average Bonchev–Trinajstić information content (AvgIpc) is 3.04. The fourth-order valence-electron chi connectivity index (χ4n) is 6.89. The molecule has 2 nitrogen and oxygen atoms in total. The molecule has 0 radical (unpaired) electrons. The summed E-state index contributed by atoms with van der Waals surface area (Å²) in [4.78, 5) is 15.0. The van der Waals surface area contributed by atoms with Gasteiger partial charge in [0.25, 0.3) is 0 Å². The van der Waals surface area contributed by atoms with E-state index in [9.17, 15) is 4.79 Å². The maximum atomic E-state index is 12.8. The number of carbonyl (C=O) groups is 1. The van der Waals surface area contributed by atoms with Gasteiger partial charge in [0.15, 0.2) is 0 Å². The molecule has 1 heterocycles. The average molecular weight is 257 g/mol. The Bertz CT molecular complexity index is 495. The summed E-state index contributed by atoms with van der Waals surface area (Å²) in [5.41, 5.74) is 2.11. The molecule has 1 spiro atoms. The van der Waals surface area contributed by atoms with Crippen LogP contribution in [-0.4, -0.2) is 23.9 Å². The van der Waals surface area contributed by atoms with Crippen molar-refractivity contribution in [2.75, 3.05) is 13.1 Å². The molecule has 3 saturated carbocycles. The number of fused-ring (bicyclic) bond motifs is 5. The molecule has 0 aromatic rings. The van der Waals surface area contributed by atoms with Crippen molar-refractivity contribution in [3.63, 3.8) is 0 Å². The Kier molecular flexibility index (Phi) is 1.88. The van der Waals surface area contributed by atoms with Crippen LogP contribution in [0.15, 0.2) is 11.6 Å². The van der Waals surface area contributed by atoms with Gasteiger partial charge in [-0.2, -0.15) is 0 Å². The molecule has 1 aliphatic heterocycles. The van der Waals surface area contributed by atoms with Gasteiger partial charge in [0.2, 0.25) is 5.91 Å². The van der Waals surface area contributed by atoms with Gasteiger partial charge in [-0.1, -0.05) is 18.6 Å². The number of likely N-dealkylation sites (tertiary alicyclic amines) is 1. The van der Waals surface area contributed by atoms with E-state index in [-0.39, 0.29) is 0 Å². The van der Waals surface area contributed by atoms with Crippen molar-refractivity contribution >= 4 is 5.91 Å². The first-order valence-electron chi connectivity index (χ1n) is 8.21. The highest BCUT2D eigenvalue weighted by atomic mass is 16.2. The second-order valence-corrected chi connectivity index (χ2v) is 7.78. The Labute approximate surface area is 115 Å². The Morgan fingerprint density at radius 1 is 1.37 bits per heavy atom. The summed E-state index contributed by atoms with van der Waals surface area (Å²) in [5, 5.41) is 0. The molecule has 5 aliphatic rings. The molecule has 0 aromatic carbocycles. The van der Waals surface area contributed by atoms with Crippen LogP contribution in [-0.2, 0) is 4.79 Å². The maximum Gasteiger partial charge on any atom is 0.226 e. The van der Waals surface area contributed by atoms with Gasteiger partial charge in [-0.15, -0.1) is 0 Å². The van der Waals surface area contributed by atoms with Crippen molar-refractivity contribution in [1.29, 1.82) is 0 Å². The molecule has 4 aliphatic carbocycles. The van der Waals surface area contributed by atoms with Gasteiger partial charge in [0, 0.05) is 19.0 Å². The Balaban J connectivity index is 1.58. The number of nitrogens with zero attached hydrogens (tertiary/aromatic N) is 1. The number of hydrogen-bond acceptors (Lipinski definition) is 1. The summed E-state index contributed by atoms with van der Waals surface area (Å²) in [5.74, 6) is 4.34. The number of carbonyl (C=O) groups excluding carboxylic acids is 1. The minimum absolute atomic E-state index is 0.411. The number of allylic oxidation sites excluding steroid dienone is 2. The third kappa shape index (κ3) is 1.06. The van der Waals surface area contributed by atoms with E-state index in [1.165, 1.54) is 25.7 Å². The largest absolute Gasteiger partial charge is 0.342 e. The lowest BCUT2D eigenvalue weighted by atomic mass is 9.62. The van der Waals surface area contributed by atoms with E-state index in [0.717, 1.165) is 37.3 Å². The van der Waals surface area contributed by atoms with Crippen molar-refractivity contribution in [2.24, 2.45) is 35.0 Å². The SMILES string of the molecule is CCCN1CC2C3CC4(CC5=CCC3C4C5)C2C1=O. The van der Waals surface area contributed by atoms with Crippen LogP contribution >= 0.6 is 0 Å². The normalized spacial score (nSPS) is 52.9. The summed E-state index contributed by atoms with van der Waals surface area (Å²) in [7, 11) is 0. The highest BCUT2D eigenvalue weighted by molar-refractivity contribution is 5.83. The highest BCUT2D eigenvalue weighted by Crippen LogP contribution is 2.75. The predicted molar refractivity (Wildman–Crippen MR) is 73.3 cm³/mol. The fourth-order valence-corrected chi connectivity index (χ4v) is 6.89. The van der Waals surface area contributed by atoms with Crippen LogP contribution in [0.5, 0.6) is 0 Å². The van der Waals surface area contributed by atoms with Crippen LogP contribution in [0.4, 0.5) is 0 Å². The van der Waals surface area contributed by atoms with E-state index < -0.39 is 0 Å². The van der Waals surface area contributed by atoms with E-state index >= 15 is 0 Å². The maximum absolute atomic E-state index is 12.8. The van der Waals surface area contributed by atoms with Crippen molar-refractivity contribution in [3.05, 3.63) is 11.6 Å². The van der Waals surface area contributed by atoms with Gasteiger partial charge in [-0.3, -0.25) is 4.79 Å². The topological polar surface area (TPSA) is 20.3 Å². The summed E-state index contributed by atoms with van der Waals surface area (Å²) in [6.07, 6.45) is 8.98. The standard InChI is InChI=1S/C17H23NO/c1-2-5-18-9-13-12-8-17(15(13)16(18)19)7-10-3-4-11(12)14(17)6-10/h3,11-15H,2,4-9H2,1H3. The van der Waals surface area contributed by atoms with Crippen molar-refractivity contribution in [1.82, 2.24) is 4.90 Å². The van der Waals surface area contributed by atoms with Crippen molar-refractivity contribution < 1.29 is 4.79 Å². The molecule has 0 N–H and O–H groups in total. The Morgan fingerprint density at radius 3 is 3.11 bits per heavy atom. The van der Waals surface area contributed by atoms with Gasteiger partial charge < -0.3 is 4.90 Å². The molecule has 19 heavy (non-hydrogen) atoms. The highest BCUT2D eigenvalue weighted by Gasteiger charge is 2.72. The minimum Gasteiger partial charge on any atom is -0.342 e. The van der Waals surface area contributed by atoms with E-state index in [1.54, 1.807) is 5.57 Å². The molecule has 1 saturated heterocycles. The van der Waals surface area contributed by atoms with Gasteiger partial charge in [-0.25, -0.2) is 0 Å². The van der Waals surface area contributed by atoms with Gasteiger partial charge in [0.05, 0.1) is 0 Å². The number of hydrogen-bond donors (Lipinski definition) is 0. The Morgan fingerprint density at radius 2 is 2.26 bits per heavy atom. The van der Waals surface area contributed by atoms with E-state index in [1.807, 2.05) is 0 Å². The lowest BCUT2D eigenvalue weighted by molar-refractivity contribution is -0.135. The molecule has 102 valence electrons. The molecule has 0 aromatic heterocycles. The van der Waals surface area contributed by atoms with Crippen LogP contribution in [0.3, 0.4) is 0 Å². The number of rotatable bonds is 2. The molecular formula is C17H23NO. The van der Waals surface area contributed by atoms with E-state index in [0.29, 0.717) is 23.2 Å². The zero-order valence-electron chi connectivity index (χ0n) is 11.8. The second kappa shape index (κ2) is 3.27. The van der Waals surface area contributed by atoms with Crippen LogP contribution < -0.4 is 0 Å². The summed E-state index contributed by atoms with van der Waals surface area (Å²) in [6, 6.07) is 0. The summed E-state index contributed by atoms with van der Waals surface area (Å²) in [6.45, 7) is 4.27. The molecule has 4 fully saturated rings. The molecule has 6 unspecified atom stereocenters. The Hall–Kier alpha value is -0.790. The van der Waals surface area contributed by atoms with E-state index in [4.69, 9.17) is 0 Å². The van der Waals surface area contributed by atoms with Gasteiger partial charge >= 0.3 is 0 Å². The third-order valence-corrected chi connectivity index (χ3v) is 7.24. The monoisotopic (exact) mass is 257 g/mol. The third-order valence-electron chi connectivity index (χ3n) is 7.24. The first kappa shape index (κ1) is 10.9. The van der Waals surface area contributed by atoms with Crippen LogP contribution in [0, 0.1) is 35.0 Å². The molecular weight excluding hydrogens is 234 g/mol.